The van der Waals surface area contributed by atoms with Crippen molar-refractivity contribution in [3.63, 3.8) is 0 Å². The molecule has 33 heavy (non-hydrogen) atoms. The fourth-order valence-electron chi connectivity index (χ4n) is 3.45. The summed E-state index contributed by atoms with van der Waals surface area (Å²) in [4.78, 5) is 37.7. The molecule has 1 N–H and O–H groups in total. The van der Waals surface area contributed by atoms with Crippen LogP contribution in [0.3, 0.4) is 0 Å². The van der Waals surface area contributed by atoms with Crippen molar-refractivity contribution < 1.29 is 23.5 Å². The summed E-state index contributed by atoms with van der Waals surface area (Å²) < 4.78 is 16.3. The van der Waals surface area contributed by atoms with Gasteiger partial charge in [-0.15, -0.1) is 0 Å². The molecule has 0 aliphatic carbocycles. The van der Waals surface area contributed by atoms with Crippen LogP contribution in [-0.2, 0) is 9.53 Å². The maximum absolute atomic E-state index is 13.0. The first-order valence-corrected chi connectivity index (χ1v) is 10.4. The quantitative estimate of drug-likeness (QED) is 0.203. The maximum atomic E-state index is 13.0. The second-order valence-corrected chi connectivity index (χ2v) is 8.50. The van der Waals surface area contributed by atoms with E-state index < -0.39 is 29.3 Å². The fraction of sp³-hybridized carbons (Fsp3) is 0.192. The van der Waals surface area contributed by atoms with Crippen LogP contribution in [0.1, 0.15) is 32.4 Å². The molecule has 0 radical (unpaired) electrons. The minimum atomic E-state index is -1.10. The summed E-state index contributed by atoms with van der Waals surface area (Å²) in [6.45, 7) is 5.19. The first-order valence-electron chi connectivity index (χ1n) is 10.4. The van der Waals surface area contributed by atoms with Gasteiger partial charge < -0.3 is 19.2 Å². The van der Waals surface area contributed by atoms with E-state index in [4.69, 9.17) is 13.9 Å². The molecule has 4 aromatic rings. The van der Waals surface area contributed by atoms with E-state index in [9.17, 15) is 14.4 Å². The highest BCUT2D eigenvalue weighted by molar-refractivity contribution is 6.04. The molecule has 1 amide bonds. The predicted octanol–water partition coefficient (Wildman–Crippen LogP) is 5.12. The van der Waals surface area contributed by atoms with Crippen LogP contribution in [-0.4, -0.2) is 17.7 Å². The largest absolute Gasteiger partial charge is 0.444 e. The lowest BCUT2D eigenvalue weighted by Gasteiger charge is -2.23. The second-order valence-electron chi connectivity index (χ2n) is 8.50. The lowest BCUT2D eigenvalue weighted by Crippen LogP contribution is -2.39. The molecular formula is C26H23NO6. The third-order valence-electron chi connectivity index (χ3n) is 4.84. The molecule has 168 valence electrons. The third kappa shape index (κ3) is 5.03. The molecule has 0 bridgehead atoms. The molecule has 0 saturated carbocycles. The van der Waals surface area contributed by atoms with Crippen LogP contribution in [0.2, 0.25) is 0 Å². The Morgan fingerprint density at radius 3 is 2.24 bits per heavy atom. The van der Waals surface area contributed by atoms with E-state index in [0.29, 0.717) is 16.5 Å². The highest BCUT2D eigenvalue weighted by Gasteiger charge is 2.27. The number of fused-ring (bicyclic) bond motifs is 3. The van der Waals surface area contributed by atoms with Crippen LogP contribution >= 0.6 is 0 Å². The molecule has 0 aliphatic heterocycles. The number of alkyl carbamates (subject to hydrolysis) is 1. The summed E-state index contributed by atoms with van der Waals surface area (Å²) in [7, 11) is 0. The van der Waals surface area contributed by atoms with Crippen LogP contribution in [0.25, 0.3) is 21.7 Å². The van der Waals surface area contributed by atoms with Crippen LogP contribution in [0.4, 0.5) is 4.79 Å². The number of hydrogen-bond acceptors (Lipinski definition) is 6. The molecule has 1 heterocycles. The zero-order chi connectivity index (χ0) is 23.6. The summed E-state index contributed by atoms with van der Waals surface area (Å²) in [6, 6.07) is 19.6. The Hall–Kier alpha value is -4.13. The standard InChI is InChI=1S/C26H23NO6/c1-26(2,3)33-25(30)27-22(16-9-5-4-6-10-16)24(29)31-17-13-14-19-18-11-7-8-12-20(18)23(28)32-21(19)15-17/h4-15,22H,1-3H3,(H,27,30)/t22-/m1/s1. The van der Waals surface area contributed by atoms with Gasteiger partial charge in [-0.2, -0.15) is 0 Å². The van der Waals surface area contributed by atoms with Crippen LogP contribution < -0.4 is 15.7 Å². The van der Waals surface area contributed by atoms with Crippen molar-refractivity contribution >= 4 is 33.8 Å². The van der Waals surface area contributed by atoms with Crippen LogP contribution in [0.15, 0.2) is 82.0 Å². The van der Waals surface area contributed by atoms with Gasteiger partial charge >= 0.3 is 17.7 Å². The number of carbonyl (C=O) groups is 2. The molecule has 0 fully saturated rings. The van der Waals surface area contributed by atoms with E-state index in [2.05, 4.69) is 5.32 Å². The van der Waals surface area contributed by atoms with Crippen LogP contribution in [0, 0.1) is 0 Å². The van der Waals surface area contributed by atoms with Gasteiger partial charge in [0.1, 0.15) is 16.9 Å². The van der Waals surface area contributed by atoms with E-state index in [-0.39, 0.29) is 5.75 Å². The molecule has 1 atom stereocenters. The van der Waals surface area contributed by atoms with Gasteiger partial charge in [0.05, 0.1) is 5.39 Å². The molecule has 1 aromatic heterocycles. The van der Waals surface area contributed by atoms with Gasteiger partial charge in [-0.25, -0.2) is 14.4 Å². The highest BCUT2D eigenvalue weighted by atomic mass is 16.6. The second kappa shape index (κ2) is 8.78. The Labute approximate surface area is 189 Å². The van der Waals surface area contributed by atoms with Gasteiger partial charge in [0.2, 0.25) is 0 Å². The Morgan fingerprint density at radius 2 is 1.55 bits per heavy atom. The molecule has 3 aromatic carbocycles. The van der Waals surface area contributed by atoms with Gasteiger partial charge in [-0.1, -0.05) is 48.5 Å². The summed E-state index contributed by atoms with van der Waals surface area (Å²) in [5.41, 5.74) is -0.379. The molecule has 7 heteroatoms. The monoisotopic (exact) mass is 445 g/mol. The highest BCUT2D eigenvalue weighted by Crippen LogP contribution is 2.27. The van der Waals surface area contributed by atoms with E-state index in [1.807, 2.05) is 12.1 Å². The van der Waals surface area contributed by atoms with Crippen molar-refractivity contribution in [3.8, 4) is 5.75 Å². The normalized spacial score (nSPS) is 12.3. The van der Waals surface area contributed by atoms with Gasteiger partial charge in [0.25, 0.3) is 0 Å². The Bertz CT molecular complexity index is 1390. The van der Waals surface area contributed by atoms with Crippen molar-refractivity contribution in [2.45, 2.75) is 32.4 Å². The Morgan fingerprint density at radius 1 is 0.879 bits per heavy atom. The lowest BCUT2D eigenvalue weighted by molar-refractivity contribution is -0.137. The fourth-order valence-corrected chi connectivity index (χ4v) is 3.45. The van der Waals surface area contributed by atoms with E-state index in [1.165, 1.54) is 6.07 Å². The topological polar surface area (TPSA) is 94.8 Å². The number of rotatable bonds is 4. The SMILES string of the molecule is CC(C)(C)OC(=O)N[C@@H](C(=O)Oc1ccc2c(c1)oc(=O)c1ccccc12)c1ccccc1. The van der Waals surface area contributed by atoms with E-state index >= 15 is 0 Å². The Kier molecular flexibility index (Phi) is 5.87. The smallest absolute Gasteiger partial charge is 0.408 e. The zero-order valence-electron chi connectivity index (χ0n) is 18.5. The minimum absolute atomic E-state index is 0.179. The number of hydrogen-bond donors (Lipinski definition) is 1. The minimum Gasteiger partial charge on any atom is -0.444 e. The maximum Gasteiger partial charge on any atom is 0.408 e. The molecule has 4 rings (SSSR count). The zero-order valence-corrected chi connectivity index (χ0v) is 18.5. The number of carbonyl (C=O) groups excluding carboxylic acids is 2. The molecule has 7 nitrogen and oxygen atoms in total. The number of ether oxygens (including phenoxy) is 2. The Balaban J connectivity index is 1.64. The van der Waals surface area contributed by atoms with Crippen molar-refractivity contribution in [1.29, 1.82) is 0 Å². The number of nitrogens with one attached hydrogen (secondary N) is 1. The summed E-state index contributed by atoms with van der Waals surface area (Å²) in [5, 5.41) is 4.51. The molecule has 0 saturated heterocycles. The summed E-state index contributed by atoms with van der Waals surface area (Å²) in [6.07, 6.45) is -0.746. The third-order valence-corrected chi connectivity index (χ3v) is 4.84. The molecule has 0 aliphatic rings. The summed E-state index contributed by atoms with van der Waals surface area (Å²) in [5.74, 6) is -0.535. The first kappa shape index (κ1) is 22.1. The first-order chi connectivity index (χ1) is 15.7. The van der Waals surface area contributed by atoms with Gasteiger partial charge in [-0.3, -0.25) is 0 Å². The summed E-state index contributed by atoms with van der Waals surface area (Å²) >= 11 is 0. The predicted molar refractivity (Wildman–Crippen MR) is 124 cm³/mol. The van der Waals surface area contributed by atoms with Crippen LogP contribution in [0.5, 0.6) is 5.75 Å². The van der Waals surface area contributed by atoms with Gasteiger partial charge in [-0.05, 0) is 49.9 Å². The van der Waals surface area contributed by atoms with Gasteiger partial charge in [0, 0.05) is 11.5 Å². The number of esters is 1. The lowest BCUT2D eigenvalue weighted by atomic mass is 10.1. The van der Waals surface area contributed by atoms with Crippen molar-refractivity contribution in [3.05, 3.63) is 88.8 Å². The molecule has 0 unspecified atom stereocenters. The van der Waals surface area contributed by atoms with Gasteiger partial charge in [0.15, 0.2) is 6.04 Å². The number of amides is 1. The molecular weight excluding hydrogens is 422 g/mol. The van der Waals surface area contributed by atoms with Crippen molar-refractivity contribution in [2.24, 2.45) is 0 Å². The van der Waals surface area contributed by atoms with E-state index in [1.54, 1.807) is 75.4 Å². The van der Waals surface area contributed by atoms with E-state index in [0.717, 1.165) is 10.8 Å². The average molecular weight is 445 g/mol. The van der Waals surface area contributed by atoms with Crippen molar-refractivity contribution in [1.82, 2.24) is 5.32 Å². The number of benzene rings is 3. The van der Waals surface area contributed by atoms with Crippen molar-refractivity contribution in [2.75, 3.05) is 0 Å². The molecule has 0 spiro atoms. The average Bonchev–Trinajstić information content (AvgIpc) is 2.77.